The Kier molecular flexibility index (Phi) is 3.79. The quantitative estimate of drug-likeness (QED) is 0.884. The molecule has 1 aromatic rings. The molecular formula is C15H24N2O. The highest BCUT2D eigenvalue weighted by atomic mass is 16.5. The largest absolute Gasteiger partial charge is 0.493 e. The first kappa shape index (κ1) is 13.2. The first-order chi connectivity index (χ1) is 8.50. The van der Waals surface area contributed by atoms with E-state index < -0.39 is 0 Å². The molecule has 0 amide bonds. The number of rotatable bonds is 3. The fourth-order valence-electron chi connectivity index (χ4n) is 2.86. The van der Waals surface area contributed by atoms with E-state index in [1.165, 1.54) is 25.7 Å². The molecule has 1 N–H and O–H groups in total. The fraction of sp³-hybridized carbons (Fsp3) is 0.667. The molecule has 1 fully saturated rings. The third-order valence-electron chi connectivity index (χ3n) is 3.79. The van der Waals surface area contributed by atoms with E-state index in [1.807, 2.05) is 6.92 Å². The van der Waals surface area contributed by atoms with E-state index in [0.29, 0.717) is 11.5 Å². The molecule has 100 valence electrons. The van der Waals surface area contributed by atoms with Gasteiger partial charge in [0.2, 0.25) is 0 Å². The van der Waals surface area contributed by atoms with Crippen LogP contribution in [-0.4, -0.2) is 18.1 Å². The minimum Gasteiger partial charge on any atom is -0.493 e. The van der Waals surface area contributed by atoms with Crippen molar-refractivity contribution in [1.29, 1.82) is 0 Å². The van der Waals surface area contributed by atoms with Crippen molar-refractivity contribution in [1.82, 2.24) is 4.98 Å². The maximum Gasteiger partial charge on any atom is 0.160 e. The summed E-state index contributed by atoms with van der Waals surface area (Å²) >= 11 is 0. The van der Waals surface area contributed by atoms with Gasteiger partial charge in [-0.25, -0.2) is 0 Å². The van der Waals surface area contributed by atoms with E-state index in [1.54, 1.807) is 13.3 Å². The van der Waals surface area contributed by atoms with Crippen molar-refractivity contribution in [2.75, 3.05) is 12.4 Å². The van der Waals surface area contributed by atoms with Crippen molar-refractivity contribution in [3.05, 3.63) is 18.0 Å². The standard InChI is InChI=1S/C15H24N2O/c1-11-8-13(14(18-4)10-16-11)17-12-6-5-7-15(2,3)9-12/h8,10,12H,5-7,9H2,1-4H3,(H,16,17). The van der Waals surface area contributed by atoms with E-state index in [4.69, 9.17) is 4.74 Å². The number of hydrogen-bond acceptors (Lipinski definition) is 3. The highest BCUT2D eigenvalue weighted by Gasteiger charge is 2.28. The number of aryl methyl sites for hydroxylation is 1. The molecule has 3 heteroatoms. The number of nitrogens with zero attached hydrogens (tertiary/aromatic N) is 1. The number of aromatic nitrogens is 1. The van der Waals surface area contributed by atoms with Crippen molar-refractivity contribution in [2.24, 2.45) is 5.41 Å². The summed E-state index contributed by atoms with van der Waals surface area (Å²) in [5, 5.41) is 3.63. The van der Waals surface area contributed by atoms with Gasteiger partial charge in [-0.3, -0.25) is 4.98 Å². The lowest BCUT2D eigenvalue weighted by Crippen LogP contribution is -2.31. The molecule has 0 radical (unpaired) electrons. The Bertz CT molecular complexity index is 415. The second-order valence-corrected chi connectivity index (χ2v) is 6.13. The lowest BCUT2D eigenvalue weighted by molar-refractivity contribution is 0.229. The Morgan fingerprint density at radius 1 is 1.44 bits per heavy atom. The minimum absolute atomic E-state index is 0.450. The minimum atomic E-state index is 0.450. The van der Waals surface area contributed by atoms with Crippen molar-refractivity contribution in [3.63, 3.8) is 0 Å². The number of ether oxygens (including phenoxy) is 1. The number of anilines is 1. The summed E-state index contributed by atoms with van der Waals surface area (Å²) in [7, 11) is 1.70. The molecular weight excluding hydrogens is 224 g/mol. The third kappa shape index (κ3) is 3.15. The molecule has 1 aliphatic carbocycles. The summed E-state index contributed by atoms with van der Waals surface area (Å²) in [6.45, 7) is 6.72. The number of pyridine rings is 1. The molecule has 18 heavy (non-hydrogen) atoms. The monoisotopic (exact) mass is 248 g/mol. The summed E-state index contributed by atoms with van der Waals surface area (Å²) in [5.74, 6) is 0.837. The summed E-state index contributed by atoms with van der Waals surface area (Å²) < 4.78 is 5.37. The van der Waals surface area contributed by atoms with Gasteiger partial charge in [0.15, 0.2) is 5.75 Å². The molecule has 0 aliphatic heterocycles. The third-order valence-corrected chi connectivity index (χ3v) is 3.79. The Morgan fingerprint density at radius 3 is 2.89 bits per heavy atom. The zero-order valence-corrected chi connectivity index (χ0v) is 11.9. The van der Waals surface area contributed by atoms with Crippen molar-refractivity contribution in [2.45, 2.75) is 52.5 Å². The molecule has 1 saturated carbocycles. The Labute approximate surface area is 110 Å². The van der Waals surface area contributed by atoms with Gasteiger partial charge in [-0.1, -0.05) is 20.3 Å². The Morgan fingerprint density at radius 2 is 2.22 bits per heavy atom. The highest BCUT2D eigenvalue weighted by Crippen LogP contribution is 2.37. The van der Waals surface area contributed by atoms with Crippen LogP contribution in [0.4, 0.5) is 5.69 Å². The van der Waals surface area contributed by atoms with E-state index in [2.05, 4.69) is 30.2 Å². The van der Waals surface area contributed by atoms with Crippen molar-refractivity contribution >= 4 is 5.69 Å². The van der Waals surface area contributed by atoms with Crippen LogP contribution < -0.4 is 10.1 Å². The van der Waals surface area contributed by atoms with Gasteiger partial charge in [0.1, 0.15) is 0 Å². The lowest BCUT2D eigenvalue weighted by Gasteiger charge is -2.36. The van der Waals surface area contributed by atoms with Crippen LogP contribution >= 0.6 is 0 Å². The van der Waals surface area contributed by atoms with Crippen LogP contribution in [0.2, 0.25) is 0 Å². The molecule has 3 nitrogen and oxygen atoms in total. The normalized spacial score (nSPS) is 22.6. The van der Waals surface area contributed by atoms with Crippen molar-refractivity contribution in [3.8, 4) is 5.75 Å². The summed E-state index contributed by atoms with van der Waals surface area (Å²) in [4.78, 5) is 4.27. The average Bonchev–Trinajstić information content (AvgIpc) is 2.28. The van der Waals surface area contributed by atoms with E-state index in [0.717, 1.165) is 17.1 Å². The molecule has 2 rings (SSSR count). The van der Waals surface area contributed by atoms with Gasteiger partial charge in [0.25, 0.3) is 0 Å². The predicted molar refractivity (Wildman–Crippen MR) is 75.2 cm³/mol. The molecule has 0 spiro atoms. The SMILES string of the molecule is COc1cnc(C)cc1NC1CCCC(C)(C)C1. The van der Waals surface area contributed by atoms with Crippen LogP contribution in [0.5, 0.6) is 5.75 Å². The Hall–Kier alpha value is -1.25. The summed E-state index contributed by atoms with van der Waals surface area (Å²) in [6, 6.07) is 2.62. The zero-order chi connectivity index (χ0) is 13.2. The zero-order valence-electron chi connectivity index (χ0n) is 11.9. The van der Waals surface area contributed by atoms with E-state index >= 15 is 0 Å². The first-order valence-electron chi connectivity index (χ1n) is 6.77. The topological polar surface area (TPSA) is 34.1 Å². The first-order valence-corrected chi connectivity index (χ1v) is 6.77. The lowest BCUT2D eigenvalue weighted by atomic mass is 9.75. The predicted octanol–water partition coefficient (Wildman–Crippen LogP) is 3.78. The molecule has 1 atom stereocenters. The smallest absolute Gasteiger partial charge is 0.160 e. The van der Waals surface area contributed by atoms with Crippen LogP contribution in [0.25, 0.3) is 0 Å². The van der Waals surface area contributed by atoms with Gasteiger partial charge in [0.05, 0.1) is 19.0 Å². The van der Waals surface area contributed by atoms with Crippen molar-refractivity contribution < 1.29 is 4.74 Å². The molecule has 0 saturated heterocycles. The van der Waals surface area contributed by atoms with Gasteiger partial charge < -0.3 is 10.1 Å². The van der Waals surface area contributed by atoms with E-state index in [9.17, 15) is 0 Å². The second-order valence-electron chi connectivity index (χ2n) is 6.13. The summed E-state index contributed by atoms with van der Waals surface area (Å²) in [5.41, 5.74) is 2.55. The number of methoxy groups -OCH3 is 1. The van der Waals surface area contributed by atoms with Crippen LogP contribution in [0, 0.1) is 12.3 Å². The number of hydrogen-bond donors (Lipinski definition) is 1. The van der Waals surface area contributed by atoms with Crippen LogP contribution in [-0.2, 0) is 0 Å². The fourth-order valence-corrected chi connectivity index (χ4v) is 2.86. The Balaban J connectivity index is 2.11. The summed E-state index contributed by atoms with van der Waals surface area (Å²) in [6.07, 6.45) is 6.89. The van der Waals surface area contributed by atoms with Gasteiger partial charge in [-0.15, -0.1) is 0 Å². The molecule has 1 unspecified atom stereocenters. The van der Waals surface area contributed by atoms with Crippen LogP contribution in [0.3, 0.4) is 0 Å². The van der Waals surface area contributed by atoms with Gasteiger partial charge in [0, 0.05) is 11.7 Å². The number of nitrogens with one attached hydrogen (secondary N) is 1. The molecule has 1 aromatic heterocycles. The molecule has 1 heterocycles. The molecule has 1 aliphatic rings. The average molecular weight is 248 g/mol. The second kappa shape index (κ2) is 5.17. The maximum atomic E-state index is 5.37. The van der Waals surface area contributed by atoms with Crippen LogP contribution in [0.1, 0.15) is 45.2 Å². The van der Waals surface area contributed by atoms with Gasteiger partial charge in [-0.05, 0) is 37.7 Å². The van der Waals surface area contributed by atoms with Crippen LogP contribution in [0.15, 0.2) is 12.3 Å². The van der Waals surface area contributed by atoms with E-state index in [-0.39, 0.29) is 0 Å². The van der Waals surface area contributed by atoms with Gasteiger partial charge in [-0.2, -0.15) is 0 Å². The molecule has 0 aromatic carbocycles. The maximum absolute atomic E-state index is 5.37. The molecule has 0 bridgehead atoms. The highest BCUT2D eigenvalue weighted by molar-refractivity contribution is 5.56. The van der Waals surface area contributed by atoms with Gasteiger partial charge >= 0.3 is 0 Å².